The Labute approximate surface area is 173 Å². The first-order valence-electron chi connectivity index (χ1n) is 8.52. The smallest absolute Gasteiger partial charge is 0.194 e. The monoisotopic (exact) mass is 474 g/mol. The molecule has 0 saturated heterocycles. The zero-order valence-electron chi connectivity index (χ0n) is 16.5. The summed E-state index contributed by atoms with van der Waals surface area (Å²) in [5.41, 5.74) is 2.33. The minimum Gasteiger partial charge on any atom is -0.357 e. The Morgan fingerprint density at radius 1 is 1.15 bits per heavy atom. The van der Waals surface area contributed by atoms with E-state index in [0.717, 1.165) is 24.6 Å². The van der Waals surface area contributed by atoms with Crippen LogP contribution in [0.25, 0.3) is 0 Å². The summed E-state index contributed by atoms with van der Waals surface area (Å²) in [4.78, 5) is 9.14. The summed E-state index contributed by atoms with van der Waals surface area (Å²) >= 11 is 0. The van der Waals surface area contributed by atoms with Gasteiger partial charge in [-0.05, 0) is 21.0 Å². The molecule has 2 aromatic heterocycles. The van der Waals surface area contributed by atoms with Gasteiger partial charge in [-0.25, -0.2) is 0 Å². The molecule has 0 fully saturated rings. The average molecular weight is 474 g/mol. The highest BCUT2D eigenvalue weighted by atomic mass is 127. The van der Waals surface area contributed by atoms with Crippen LogP contribution in [-0.2, 0) is 20.6 Å². The van der Waals surface area contributed by atoms with Crippen LogP contribution in [0.2, 0.25) is 0 Å². The highest BCUT2D eigenvalue weighted by Crippen LogP contribution is 2.17. The molecular weight excluding hydrogens is 443 g/mol. The van der Waals surface area contributed by atoms with Crippen LogP contribution in [0.1, 0.15) is 24.1 Å². The summed E-state index contributed by atoms with van der Waals surface area (Å²) in [6, 6.07) is 0.189. The third-order valence-electron chi connectivity index (χ3n) is 4.02. The first-order valence-corrected chi connectivity index (χ1v) is 8.52. The van der Waals surface area contributed by atoms with Crippen molar-refractivity contribution in [2.45, 2.75) is 19.5 Å². The van der Waals surface area contributed by atoms with Crippen molar-refractivity contribution in [1.82, 2.24) is 34.7 Å². The largest absolute Gasteiger partial charge is 0.357 e. The molecule has 0 spiro atoms. The Hall–Kier alpha value is -1.62. The minimum atomic E-state index is 0. The van der Waals surface area contributed by atoms with Gasteiger partial charge in [0.05, 0.1) is 25.0 Å². The van der Waals surface area contributed by atoms with E-state index < -0.39 is 0 Å². The number of halogens is 1. The third-order valence-corrected chi connectivity index (χ3v) is 4.02. The number of nitrogens with zero attached hydrogens (tertiary/aromatic N) is 7. The van der Waals surface area contributed by atoms with E-state index in [1.54, 1.807) is 0 Å². The van der Waals surface area contributed by atoms with E-state index in [9.17, 15) is 0 Å². The number of aryl methyl sites for hydroxylation is 2. The minimum absolute atomic E-state index is 0. The molecule has 0 saturated carbocycles. The van der Waals surface area contributed by atoms with Gasteiger partial charge in [-0.3, -0.25) is 14.4 Å². The van der Waals surface area contributed by atoms with Crippen LogP contribution in [0.3, 0.4) is 0 Å². The van der Waals surface area contributed by atoms with Crippen molar-refractivity contribution in [2.24, 2.45) is 19.1 Å². The molecule has 9 heteroatoms. The fourth-order valence-corrected chi connectivity index (χ4v) is 2.72. The van der Waals surface area contributed by atoms with Gasteiger partial charge < -0.3 is 15.1 Å². The van der Waals surface area contributed by atoms with Crippen LogP contribution in [0.15, 0.2) is 29.8 Å². The second-order valence-electron chi connectivity index (χ2n) is 6.50. The lowest BCUT2D eigenvalue weighted by atomic mass is 10.1. The van der Waals surface area contributed by atoms with E-state index in [1.807, 2.05) is 55.3 Å². The van der Waals surface area contributed by atoms with Gasteiger partial charge in [0.1, 0.15) is 0 Å². The number of hydrogen-bond acceptors (Lipinski definition) is 4. The van der Waals surface area contributed by atoms with E-state index in [0.29, 0.717) is 6.54 Å². The number of aliphatic imine (C=N–C) groups is 1. The maximum absolute atomic E-state index is 4.85. The summed E-state index contributed by atoms with van der Waals surface area (Å²) in [5, 5.41) is 11.9. The summed E-state index contributed by atoms with van der Waals surface area (Å²) < 4.78 is 3.65. The van der Waals surface area contributed by atoms with Crippen LogP contribution >= 0.6 is 24.0 Å². The van der Waals surface area contributed by atoms with Crippen molar-refractivity contribution in [1.29, 1.82) is 0 Å². The summed E-state index contributed by atoms with van der Waals surface area (Å²) in [5.74, 6) is 0.891. The Bertz CT molecular complexity index is 691. The highest BCUT2D eigenvalue weighted by Gasteiger charge is 2.16. The van der Waals surface area contributed by atoms with E-state index >= 15 is 0 Å². The lowest BCUT2D eigenvalue weighted by Crippen LogP contribution is -2.39. The van der Waals surface area contributed by atoms with Crippen molar-refractivity contribution in [3.63, 3.8) is 0 Å². The zero-order valence-corrected chi connectivity index (χ0v) is 18.9. The molecule has 8 nitrogen and oxygen atoms in total. The summed E-state index contributed by atoms with van der Waals surface area (Å²) in [7, 11) is 10.0. The van der Waals surface area contributed by atoms with Gasteiger partial charge in [0.15, 0.2) is 5.96 Å². The number of likely N-dealkylation sites (N-methyl/N-ethyl adjacent to an activating group) is 1. The first kappa shape index (κ1) is 22.4. The maximum Gasteiger partial charge on any atom is 0.194 e. The molecule has 0 aliphatic carbocycles. The molecular formula is C17H31IN8. The van der Waals surface area contributed by atoms with Gasteiger partial charge in [0.25, 0.3) is 0 Å². The fourth-order valence-electron chi connectivity index (χ4n) is 2.72. The molecule has 0 radical (unpaired) electrons. The Kier molecular flexibility index (Phi) is 9.06. The maximum atomic E-state index is 4.85. The summed E-state index contributed by atoms with van der Waals surface area (Å²) in [6.07, 6.45) is 7.87. The molecule has 0 amide bonds. The highest BCUT2D eigenvalue weighted by molar-refractivity contribution is 14.0. The Balaban J connectivity index is 0.00000338. The number of rotatable bonds is 7. The van der Waals surface area contributed by atoms with Crippen molar-refractivity contribution < 1.29 is 0 Å². The standard InChI is InChI=1S/C17H30N8.HI/c1-7-18-17(23(4)11-14-8-20-24(5)12-14)19-10-16(22(2)3)15-9-21-25(6)13-15;/h8-9,12-13,16H,7,10-11H2,1-6H3,(H,18,19);1H. The van der Waals surface area contributed by atoms with Gasteiger partial charge in [-0.2, -0.15) is 10.2 Å². The molecule has 2 aromatic rings. The molecule has 0 aliphatic heterocycles. The molecule has 0 aromatic carbocycles. The van der Waals surface area contributed by atoms with Crippen molar-refractivity contribution in [3.05, 3.63) is 35.9 Å². The quantitative estimate of drug-likeness (QED) is 0.374. The normalized spacial score (nSPS) is 12.8. The van der Waals surface area contributed by atoms with E-state index in [-0.39, 0.29) is 30.0 Å². The van der Waals surface area contributed by atoms with Crippen LogP contribution < -0.4 is 5.32 Å². The molecule has 26 heavy (non-hydrogen) atoms. The number of aromatic nitrogens is 4. The lowest BCUT2D eigenvalue weighted by Gasteiger charge is -2.25. The molecule has 2 rings (SSSR count). The second-order valence-corrected chi connectivity index (χ2v) is 6.50. The van der Waals surface area contributed by atoms with Gasteiger partial charge in [0.2, 0.25) is 0 Å². The van der Waals surface area contributed by atoms with Crippen LogP contribution in [0.4, 0.5) is 0 Å². The van der Waals surface area contributed by atoms with Gasteiger partial charge in [-0.15, -0.1) is 24.0 Å². The van der Waals surface area contributed by atoms with Gasteiger partial charge >= 0.3 is 0 Å². The van der Waals surface area contributed by atoms with Gasteiger partial charge in [-0.1, -0.05) is 0 Å². The predicted octanol–water partition coefficient (Wildman–Crippen LogP) is 1.47. The molecule has 0 bridgehead atoms. The third kappa shape index (κ3) is 6.27. The Morgan fingerprint density at radius 3 is 2.31 bits per heavy atom. The second kappa shape index (κ2) is 10.5. The van der Waals surface area contributed by atoms with E-state index in [1.165, 1.54) is 5.56 Å². The average Bonchev–Trinajstić information content (AvgIpc) is 3.14. The molecule has 1 atom stereocenters. The van der Waals surface area contributed by atoms with Crippen molar-refractivity contribution >= 4 is 29.9 Å². The molecule has 1 N–H and O–H groups in total. The molecule has 0 aliphatic rings. The zero-order chi connectivity index (χ0) is 18.4. The molecule has 2 heterocycles. The molecule has 146 valence electrons. The Morgan fingerprint density at radius 2 is 1.81 bits per heavy atom. The predicted molar refractivity (Wildman–Crippen MR) is 116 cm³/mol. The number of guanidine groups is 1. The fraction of sp³-hybridized carbons (Fsp3) is 0.588. The van der Waals surface area contributed by atoms with E-state index in [2.05, 4.69) is 46.3 Å². The SMILES string of the molecule is CCNC(=NCC(c1cnn(C)c1)N(C)C)N(C)Cc1cnn(C)c1.I. The summed E-state index contributed by atoms with van der Waals surface area (Å²) in [6.45, 7) is 4.34. The number of hydrogen-bond donors (Lipinski definition) is 1. The van der Waals surface area contributed by atoms with Crippen LogP contribution in [-0.4, -0.2) is 69.6 Å². The van der Waals surface area contributed by atoms with Crippen molar-refractivity contribution in [3.8, 4) is 0 Å². The first-order chi connectivity index (χ1) is 11.9. The van der Waals surface area contributed by atoms with Gasteiger partial charge in [0, 0.05) is 57.8 Å². The topological polar surface area (TPSA) is 66.5 Å². The van der Waals surface area contributed by atoms with E-state index in [4.69, 9.17) is 4.99 Å². The molecule has 1 unspecified atom stereocenters. The van der Waals surface area contributed by atoms with Crippen LogP contribution in [0, 0.1) is 0 Å². The van der Waals surface area contributed by atoms with Crippen LogP contribution in [0.5, 0.6) is 0 Å². The lowest BCUT2D eigenvalue weighted by molar-refractivity contribution is 0.305. The number of nitrogens with one attached hydrogen (secondary N) is 1. The van der Waals surface area contributed by atoms with Crippen molar-refractivity contribution in [2.75, 3.05) is 34.2 Å².